The van der Waals surface area contributed by atoms with Gasteiger partial charge in [0.1, 0.15) is 0 Å². The van der Waals surface area contributed by atoms with E-state index in [1.54, 1.807) is 0 Å². The van der Waals surface area contributed by atoms with Gasteiger partial charge in [0.25, 0.3) is 0 Å². The average molecular weight is 185 g/mol. The predicted molar refractivity (Wildman–Crippen MR) is 44.0 cm³/mol. The number of hydrogen-bond acceptors (Lipinski definition) is 3. The molecule has 0 saturated heterocycles. The number of carboxylic acids is 1. The van der Waals surface area contributed by atoms with Gasteiger partial charge in [-0.3, -0.25) is 0 Å². The van der Waals surface area contributed by atoms with Gasteiger partial charge >= 0.3 is 5.97 Å². The van der Waals surface area contributed by atoms with Gasteiger partial charge < -0.3 is 10.2 Å². The lowest BCUT2D eigenvalue weighted by atomic mass is 9.81. The van der Waals surface area contributed by atoms with Crippen LogP contribution in [0.4, 0.5) is 0 Å². The number of azide groups is 1. The Kier molecular flexibility index (Phi) is 2.75. The summed E-state index contributed by atoms with van der Waals surface area (Å²) in [7, 11) is 0. The zero-order valence-electron chi connectivity index (χ0n) is 7.05. The first kappa shape index (κ1) is 9.83. The van der Waals surface area contributed by atoms with E-state index in [-0.39, 0.29) is 6.42 Å². The molecule has 0 aromatic heterocycles. The SMILES string of the molecule is [N-]=[N+]=N[C@H]1CCCC[C@]1(O)C(=O)O. The molecule has 1 aliphatic rings. The van der Waals surface area contributed by atoms with E-state index in [1.165, 1.54) is 0 Å². The van der Waals surface area contributed by atoms with Crippen LogP contribution in [0, 0.1) is 0 Å². The molecule has 0 amide bonds. The molecule has 72 valence electrons. The van der Waals surface area contributed by atoms with Crippen molar-refractivity contribution >= 4 is 5.97 Å². The van der Waals surface area contributed by atoms with Crippen molar-refractivity contribution in [1.29, 1.82) is 0 Å². The molecular weight excluding hydrogens is 174 g/mol. The summed E-state index contributed by atoms with van der Waals surface area (Å²) in [5.41, 5.74) is 6.33. The number of hydrogen-bond donors (Lipinski definition) is 2. The molecule has 1 fully saturated rings. The third-order valence-electron chi connectivity index (χ3n) is 2.40. The Morgan fingerprint density at radius 2 is 2.31 bits per heavy atom. The van der Waals surface area contributed by atoms with Gasteiger partial charge in [-0.2, -0.15) is 0 Å². The van der Waals surface area contributed by atoms with Crippen LogP contribution in [-0.4, -0.2) is 27.8 Å². The third kappa shape index (κ3) is 1.74. The fourth-order valence-corrected chi connectivity index (χ4v) is 1.60. The highest BCUT2D eigenvalue weighted by Crippen LogP contribution is 2.31. The van der Waals surface area contributed by atoms with Crippen LogP contribution in [0.5, 0.6) is 0 Å². The quantitative estimate of drug-likeness (QED) is 0.381. The van der Waals surface area contributed by atoms with Gasteiger partial charge in [0, 0.05) is 4.91 Å². The molecule has 2 N–H and O–H groups in total. The van der Waals surface area contributed by atoms with Crippen molar-refractivity contribution in [3.8, 4) is 0 Å². The van der Waals surface area contributed by atoms with Crippen molar-refractivity contribution in [3.63, 3.8) is 0 Å². The van der Waals surface area contributed by atoms with Crippen LogP contribution in [0.1, 0.15) is 25.7 Å². The van der Waals surface area contributed by atoms with Crippen LogP contribution in [0.3, 0.4) is 0 Å². The Hall–Kier alpha value is -1.26. The number of nitrogens with zero attached hydrogens (tertiary/aromatic N) is 3. The number of carboxylic acid groups (broad SMARTS) is 1. The Morgan fingerprint density at radius 1 is 1.62 bits per heavy atom. The average Bonchev–Trinajstić information content (AvgIpc) is 2.09. The maximum absolute atomic E-state index is 10.7. The number of rotatable bonds is 2. The lowest BCUT2D eigenvalue weighted by molar-refractivity contribution is -0.163. The van der Waals surface area contributed by atoms with Gasteiger partial charge in [-0.05, 0) is 24.8 Å². The van der Waals surface area contributed by atoms with Gasteiger partial charge in [-0.1, -0.05) is 11.5 Å². The molecule has 6 nitrogen and oxygen atoms in total. The lowest BCUT2D eigenvalue weighted by Gasteiger charge is -2.33. The monoisotopic (exact) mass is 185 g/mol. The van der Waals surface area contributed by atoms with Gasteiger partial charge in [-0.15, -0.1) is 0 Å². The van der Waals surface area contributed by atoms with E-state index in [4.69, 9.17) is 10.6 Å². The predicted octanol–water partition coefficient (Wildman–Crippen LogP) is 1.05. The number of aliphatic hydroxyl groups is 1. The molecule has 0 aromatic carbocycles. The smallest absolute Gasteiger partial charge is 0.336 e. The Balaban J connectivity index is 2.89. The van der Waals surface area contributed by atoms with Crippen molar-refractivity contribution < 1.29 is 15.0 Å². The van der Waals surface area contributed by atoms with Crippen molar-refractivity contribution in [3.05, 3.63) is 10.4 Å². The fourth-order valence-electron chi connectivity index (χ4n) is 1.60. The lowest BCUT2D eigenvalue weighted by Crippen LogP contribution is -2.50. The van der Waals surface area contributed by atoms with Crippen LogP contribution < -0.4 is 0 Å². The summed E-state index contributed by atoms with van der Waals surface area (Å²) in [5, 5.41) is 21.7. The minimum atomic E-state index is -1.86. The van der Waals surface area contributed by atoms with E-state index in [1.807, 2.05) is 0 Å². The molecule has 0 spiro atoms. The molecular formula is C7H11N3O3. The molecule has 0 aliphatic heterocycles. The number of aliphatic carboxylic acids is 1. The highest BCUT2D eigenvalue weighted by molar-refractivity contribution is 5.78. The molecule has 1 saturated carbocycles. The van der Waals surface area contributed by atoms with Crippen LogP contribution >= 0.6 is 0 Å². The summed E-state index contributed by atoms with van der Waals surface area (Å²) in [5.74, 6) is -1.30. The van der Waals surface area contributed by atoms with Crippen molar-refractivity contribution in [2.24, 2.45) is 5.11 Å². The van der Waals surface area contributed by atoms with Crippen molar-refractivity contribution in [2.45, 2.75) is 37.3 Å². The fraction of sp³-hybridized carbons (Fsp3) is 0.857. The van der Waals surface area contributed by atoms with E-state index >= 15 is 0 Å². The van der Waals surface area contributed by atoms with E-state index in [9.17, 15) is 9.90 Å². The summed E-state index contributed by atoms with van der Waals surface area (Å²) < 4.78 is 0. The highest BCUT2D eigenvalue weighted by atomic mass is 16.4. The zero-order chi connectivity index (χ0) is 9.90. The van der Waals surface area contributed by atoms with Gasteiger partial charge in [0.15, 0.2) is 5.60 Å². The van der Waals surface area contributed by atoms with Gasteiger partial charge in [-0.25, -0.2) is 4.79 Å². The summed E-state index contributed by atoms with van der Waals surface area (Å²) in [6.07, 6.45) is 2.04. The maximum atomic E-state index is 10.7. The molecule has 0 aromatic rings. The topological polar surface area (TPSA) is 106 Å². The molecule has 1 rings (SSSR count). The van der Waals surface area contributed by atoms with E-state index in [0.29, 0.717) is 12.8 Å². The highest BCUT2D eigenvalue weighted by Gasteiger charge is 2.45. The first-order chi connectivity index (χ1) is 6.11. The molecule has 0 radical (unpaired) electrons. The first-order valence-corrected chi connectivity index (χ1v) is 4.11. The molecule has 1 aliphatic carbocycles. The second kappa shape index (κ2) is 3.64. The minimum Gasteiger partial charge on any atom is -0.479 e. The summed E-state index contributed by atoms with van der Waals surface area (Å²) in [6, 6.07) is -0.830. The molecule has 13 heavy (non-hydrogen) atoms. The van der Waals surface area contributed by atoms with Crippen LogP contribution in [0.15, 0.2) is 5.11 Å². The Bertz CT molecular complexity index is 262. The third-order valence-corrected chi connectivity index (χ3v) is 2.40. The van der Waals surface area contributed by atoms with Crippen LogP contribution in [-0.2, 0) is 4.79 Å². The van der Waals surface area contributed by atoms with Gasteiger partial charge in [0.05, 0.1) is 6.04 Å². The summed E-state index contributed by atoms with van der Waals surface area (Å²) >= 11 is 0. The van der Waals surface area contributed by atoms with Crippen LogP contribution in [0.2, 0.25) is 0 Å². The molecule has 2 atom stereocenters. The standard InChI is InChI=1S/C7H11N3O3/c8-10-9-5-3-1-2-4-7(5,13)6(11)12/h5,13H,1-4H2,(H,11,12)/t5-,7+/m0/s1. The normalized spacial score (nSPS) is 33.5. The second-order valence-electron chi connectivity index (χ2n) is 3.20. The van der Waals surface area contributed by atoms with E-state index in [2.05, 4.69) is 10.0 Å². The van der Waals surface area contributed by atoms with E-state index < -0.39 is 17.6 Å². The molecule has 0 heterocycles. The van der Waals surface area contributed by atoms with Crippen LogP contribution in [0.25, 0.3) is 10.4 Å². The Morgan fingerprint density at radius 3 is 2.85 bits per heavy atom. The second-order valence-corrected chi connectivity index (χ2v) is 3.20. The largest absolute Gasteiger partial charge is 0.479 e. The first-order valence-electron chi connectivity index (χ1n) is 4.11. The summed E-state index contributed by atoms with van der Waals surface area (Å²) in [6.45, 7) is 0. The van der Waals surface area contributed by atoms with Gasteiger partial charge in [0.2, 0.25) is 0 Å². The molecule has 0 bridgehead atoms. The van der Waals surface area contributed by atoms with Crippen molar-refractivity contribution in [2.75, 3.05) is 0 Å². The molecule has 6 heteroatoms. The maximum Gasteiger partial charge on any atom is 0.336 e. The number of carbonyl (C=O) groups is 1. The zero-order valence-corrected chi connectivity index (χ0v) is 7.05. The van der Waals surface area contributed by atoms with Crippen molar-refractivity contribution in [1.82, 2.24) is 0 Å². The molecule has 0 unspecified atom stereocenters. The minimum absolute atomic E-state index is 0.159. The summed E-state index contributed by atoms with van der Waals surface area (Å²) in [4.78, 5) is 13.3. The Labute approximate surface area is 74.8 Å². The van der Waals surface area contributed by atoms with E-state index in [0.717, 1.165) is 6.42 Å².